The monoisotopic (exact) mass is 333 g/mol. The van der Waals surface area contributed by atoms with Gasteiger partial charge in [0, 0.05) is 18.6 Å². The van der Waals surface area contributed by atoms with Crippen molar-refractivity contribution in [2.75, 3.05) is 0 Å². The molecule has 2 rings (SSSR count). The van der Waals surface area contributed by atoms with Gasteiger partial charge in [-0.2, -0.15) is 0 Å². The second kappa shape index (κ2) is 7.72. The Morgan fingerprint density at radius 1 is 1.25 bits per heavy atom. The molecule has 0 spiro atoms. The average molecular weight is 333 g/mol. The Labute approximate surface area is 139 Å². The van der Waals surface area contributed by atoms with E-state index in [0.717, 1.165) is 0 Å². The summed E-state index contributed by atoms with van der Waals surface area (Å²) in [5, 5.41) is 10.6. The fourth-order valence-corrected chi connectivity index (χ4v) is 2.38. The molecule has 0 bridgehead atoms. The van der Waals surface area contributed by atoms with E-state index in [-0.39, 0.29) is 29.2 Å². The lowest BCUT2D eigenvalue weighted by Gasteiger charge is -2.24. The van der Waals surface area contributed by atoms with Crippen LogP contribution in [0.1, 0.15) is 37.0 Å². The van der Waals surface area contributed by atoms with E-state index in [1.807, 2.05) is 0 Å². The van der Waals surface area contributed by atoms with E-state index >= 15 is 0 Å². The second-order valence-corrected chi connectivity index (χ2v) is 5.83. The molecule has 0 fully saturated rings. The molecule has 0 saturated carbocycles. The molecule has 128 valence electrons. The molecule has 2 atom stereocenters. The SMILES string of the molecule is CC(C)OC(=O)C1CC=CC(OC(=O)c2ccc([N+](=O)[O-])cc2)C1. The molecule has 1 aliphatic rings. The van der Waals surface area contributed by atoms with Gasteiger partial charge in [-0.1, -0.05) is 6.08 Å². The molecule has 0 amide bonds. The third kappa shape index (κ3) is 4.65. The van der Waals surface area contributed by atoms with E-state index in [1.54, 1.807) is 26.0 Å². The Bertz CT molecular complexity index is 650. The van der Waals surface area contributed by atoms with Crippen molar-refractivity contribution in [1.29, 1.82) is 0 Å². The first-order valence-electron chi connectivity index (χ1n) is 7.69. The molecule has 1 aromatic rings. The number of carbonyl (C=O) groups is 2. The van der Waals surface area contributed by atoms with Crippen molar-refractivity contribution < 1.29 is 24.0 Å². The summed E-state index contributed by atoms with van der Waals surface area (Å²) in [5.74, 6) is -1.23. The number of carbonyl (C=O) groups excluding carboxylic acids is 2. The highest BCUT2D eigenvalue weighted by atomic mass is 16.6. The number of ether oxygens (including phenoxy) is 2. The number of rotatable bonds is 5. The number of non-ortho nitro benzene ring substituents is 1. The normalized spacial score (nSPS) is 19.8. The van der Waals surface area contributed by atoms with Crippen molar-refractivity contribution in [2.24, 2.45) is 5.92 Å². The second-order valence-electron chi connectivity index (χ2n) is 5.83. The van der Waals surface area contributed by atoms with Crippen molar-refractivity contribution in [3.63, 3.8) is 0 Å². The number of esters is 2. The summed E-state index contributed by atoms with van der Waals surface area (Å²) in [6.07, 6.45) is 3.74. The highest BCUT2D eigenvalue weighted by molar-refractivity contribution is 5.89. The lowest BCUT2D eigenvalue weighted by atomic mass is 9.92. The summed E-state index contributed by atoms with van der Waals surface area (Å²) in [7, 11) is 0. The summed E-state index contributed by atoms with van der Waals surface area (Å²) in [6.45, 7) is 3.56. The van der Waals surface area contributed by atoms with Gasteiger partial charge in [0.25, 0.3) is 5.69 Å². The lowest BCUT2D eigenvalue weighted by molar-refractivity contribution is -0.384. The minimum absolute atomic E-state index is 0.0967. The van der Waals surface area contributed by atoms with Crippen LogP contribution in [0.4, 0.5) is 5.69 Å². The first kappa shape index (κ1) is 17.7. The number of allylic oxidation sites excluding steroid dienone is 1. The van der Waals surface area contributed by atoms with Crippen LogP contribution in [0.25, 0.3) is 0 Å². The fourth-order valence-electron chi connectivity index (χ4n) is 2.38. The van der Waals surface area contributed by atoms with Gasteiger partial charge in [0.2, 0.25) is 0 Å². The quantitative estimate of drug-likeness (QED) is 0.356. The standard InChI is InChI=1S/C17H19NO6/c1-11(2)23-17(20)13-4-3-5-15(10-13)24-16(19)12-6-8-14(9-7-12)18(21)22/h3,5-9,11,13,15H,4,10H2,1-2H3. The third-order valence-corrected chi connectivity index (χ3v) is 3.55. The molecule has 0 saturated heterocycles. The van der Waals surface area contributed by atoms with E-state index in [0.29, 0.717) is 12.8 Å². The van der Waals surface area contributed by atoms with E-state index in [4.69, 9.17) is 9.47 Å². The van der Waals surface area contributed by atoms with Crippen LogP contribution in [0.15, 0.2) is 36.4 Å². The Morgan fingerprint density at radius 2 is 1.92 bits per heavy atom. The molecule has 0 heterocycles. The minimum Gasteiger partial charge on any atom is -0.463 e. The van der Waals surface area contributed by atoms with Gasteiger partial charge >= 0.3 is 11.9 Å². The van der Waals surface area contributed by atoms with Gasteiger partial charge in [0.05, 0.1) is 22.5 Å². The van der Waals surface area contributed by atoms with Crippen LogP contribution >= 0.6 is 0 Å². The topological polar surface area (TPSA) is 95.7 Å². The number of nitro groups is 1. The zero-order valence-corrected chi connectivity index (χ0v) is 13.5. The summed E-state index contributed by atoms with van der Waals surface area (Å²) in [6, 6.07) is 5.18. The smallest absolute Gasteiger partial charge is 0.338 e. The molecule has 0 aliphatic heterocycles. The van der Waals surface area contributed by atoms with E-state index < -0.39 is 17.0 Å². The first-order chi connectivity index (χ1) is 11.4. The van der Waals surface area contributed by atoms with Crippen LogP contribution in [-0.4, -0.2) is 29.1 Å². The Morgan fingerprint density at radius 3 is 2.50 bits per heavy atom. The molecule has 1 aromatic carbocycles. The van der Waals surface area contributed by atoms with Crippen LogP contribution < -0.4 is 0 Å². The molecular formula is C17H19NO6. The molecule has 0 radical (unpaired) electrons. The molecular weight excluding hydrogens is 314 g/mol. The highest BCUT2D eigenvalue weighted by Crippen LogP contribution is 2.24. The summed E-state index contributed by atoms with van der Waals surface area (Å²) >= 11 is 0. The predicted octanol–water partition coefficient (Wildman–Crippen LogP) is 3.04. The van der Waals surface area contributed by atoms with Crippen LogP contribution in [0.3, 0.4) is 0 Å². The van der Waals surface area contributed by atoms with Crippen molar-refractivity contribution >= 4 is 17.6 Å². The number of benzene rings is 1. The maximum atomic E-state index is 12.1. The van der Waals surface area contributed by atoms with Gasteiger partial charge in [-0.05, 0) is 38.5 Å². The van der Waals surface area contributed by atoms with Crippen molar-refractivity contribution in [3.8, 4) is 0 Å². The van der Waals surface area contributed by atoms with Crippen LogP contribution in [0, 0.1) is 16.0 Å². The third-order valence-electron chi connectivity index (χ3n) is 3.55. The minimum atomic E-state index is -0.586. The molecule has 7 nitrogen and oxygen atoms in total. The number of nitrogens with zero attached hydrogens (tertiary/aromatic N) is 1. The molecule has 2 unspecified atom stereocenters. The summed E-state index contributed by atoms with van der Waals surface area (Å²) in [4.78, 5) is 34.1. The van der Waals surface area contributed by atoms with Crippen molar-refractivity contribution in [1.82, 2.24) is 0 Å². The predicted molar refractivity (Wildman–Crippen MR) is 85.4 cm³/mol. The Balaban J connectivity index is 1.96. The fraction of sp³-hybridized carbons (Fsp3) is 0.412. The maximum absolute atomic E-state index is 12.1. The van der Waals surface area contributed by atoms with Crippen LogP contribution in [-0.2, 0) is 14.3 Å². The summed E-state index contributed by atoms with van der Waals surface area (Å²) in [5.41, 5.74) is 0.126. The first-order valence-corrected chi connectivity index (χ1v) is 7.69. The van der Waals surface area contributed by atoms with Crippen LogP contribution in [0.2, 0.25) is 0 Å². The molecule has 0 N–H and O–H groups in total. The summed E-state index contributed by atoms with van der Waals surface area (Å²) < 4.78 is 10.5. The molecule has 0 aromatic heterocycles. The largest absolute Gasteiger partial charge is 0.463 e. The van der Waals surface area contributed by atoms with E-state index in [1.165, 1.54) is 24.3 Å². The van der Waals surface area contributed by atoms with E-state index in [2.05, 4.69) is 0 Å². The van der Waals surface area contributed by atoms with Gasteiger partial charge in [-0.3, -0.25) is 14.9 Å². The highest BCUT2D eigenvalue weighted by Gasteiger charge is 2.28. The van der Waals surface area contributed by atoms with E-state index in [9.17, 15) is 19.7 Å². The lowest BCUT2D eigenvalue weighted by Crippen LogP contribution is -2.29. The Kier molecular flexibility index (Phi) is 5.68. The zero-order chi connectivity index (χ0) is 17.7. The van der Waals surface area contributed by atoms with Gasteiger partial charge in [0.15, 0.2) is 0 Å². The maximum Gasteiger partial charge on any atom is 0.338 e. The van der Waals surface area contributed by atoms with Gasteiger partial charge in [-0.25, -0.2) is 4.79 Å². The van der Waals surface area contributed by atoms with Gasteiger partial charge in [-0.15, -0.1) is 0 Å². The van der Waals surface area contributed by atoms with Crippen LogP contribution in [0.5, 0.6) is 0 Å². The van der Waals surface area contributed by atoms with Gasteiger partial charge < -0.3 is 9.47 Å². The number of nitro benzene ring substituents is 1. The van der Waals surface area contributed by atoms with Gasteiger partial charge in [0.1, 0.15) is 6.10 Å². The van der Waals surface area contributed by atoms with Crippen molar-refractivity contribution in [3.05, 3.63) is 52.1 Å². The Hall–Kier alpha value is -2.70. The number of hydrogen-bond donors (Lipinski definition) is 0. The number of hydrogen-bond acceptors (Lipinski definition) is 6. The molecule has 1 aliphatic carbocycles. The zero-order valence-electron chi connectivity index (χ0n) is 13.5. The molecule has 24 heavy (non-hydrogen) atoms. The van der Waals surface area contributed by atoms with Crippen molar-refractivity contribution in [2.45, 2.75) is 38.9 Å². The average Bonchev–Trinajstić information content (AvgIpc) is 2.54. The molecule has 7 heteroatoms.